The average molecular weight is 258 g/mol. The van der Waals surface area contributed by atoms with Gasteiger partial charge in [0.1, 0.15) is 5.75 Å². The Hall–Kier alpha value is -2.07. The van der Waals surface area contributed by atoms with Gasteiger partial charge in [0.15, 0.2) is 11.5 Å². The van der Waals surface area contributed by atoms with E-state index in [2.05, 4.69) is 4.98 Å². The number of para-hydroxylation sites is 2. The Morgan fingerprint density at radius 3 is 2.68 bits per heavy atom. The minimum Gasteiger partial charge on any atom is -0.490 e. The first kappa shape index (κ1) is 13.4. The third-order valence-corrected chi connectivity index (χ3v) is 2.58. The van der Waals surface area contributed by atoms with Gasteiger partial charge in [-0.2, -0.15) is 0 Å². The molecule has 2 aromatic rings. The van der Waals surface area contributed by atoms with Gasteiger partial charge in [-0.1, -0.05) is 12.1 Å². The van der Waals surface area contributed by atoms with Gasteiger partial charge in [0, 0.05) is 6.20 Å². The Morgan fingerprint density at radius 1 is 1.16 bits per heavy atom. The van der Waals surface area contributed by atoms with Gasteiger partial charge >= 0.3 is 0 Å². The van der Waals surface area contributed by atoms with E-state index < -0.39 is 0 Å². The first-order valence-electron chi connectivity index (χ1n) is 6.37. The SMILES string of the molecule is CCOc1ccccc1Oc1cncc(CCN)c1. The molecule has 1 aromatic carbocycles. The highest BCUT2D eigenvalue weighted by Gasteiger charge is 2.05. The number of rotatable bonds is 6. The second kappa shape index (κ2) is 6.75. The van der Waals surface area contributed by atoms with Gasteiger partial charge in [0.05, 0.1) is 12.8 Å². The van der Waals surface area contributed by atoms with Crippen molar-refractivity contribution < 1.29 is 9.47 Å². The Labute approximate surface area is 113 Å². The van der Waals surface area contributed by atoms with Crippen LogP contribution in [0, 0.1) is 0 Å². The van der Waals surface area contributed by atoms with Crippen LogP contribution in [0.1, 0.15) is 12.5 Å². The van der Waals surface area contributed by atoms with E-state index in [9.17, 15) is 0 Å². The van der Waals surface area contributed by atoms with Crippen molar-refractivity contribution in [3.63, 3.8) is 0 Å². The lowest BCUT2D eigenvalue weighted by Gasteiger charge is -2.11. The van der Waals surface area contributed by atoms with E-state index >= 15 is 0 Å². The number of nitrogens with zero attached hydrogens (tertiary/aromatic N) is 1. The molecule has 0 spiro atoms. The second-order valence-electron chi connectivity index (χ2n) is 4.05. The normalized spacial score (nSPS) is 10.2. The van der Waals surface area contributed by atoms with Crippen molar-refractivity contribution in [2.45, 2.75) is 13.3 Å². The smallest absolute Gasteiger partial charge is 0.169 e. The van der Waals surface area contributed by atoms with Crippen LogP contribution in [-0.4, -0.2) is 18.1 Å². The Balaban J connectivity index is 2.18. The van der Waals surface area contributed by atoms with Crippen LogP contribution >= 0.6 is 0 Å². The largest absolute Gasteiger partial charge is 0.490 e. The molecule has 2 N–H and O–H groups in total. The standard InChI is InChI=1S/C15H18N2O2/c1-2-18-14-5-3-4-6-15(14)19-13-9-12(7-8-16)10-17-11-13/h3-6,9-11H,2,7-8,16H2,1H3. The van der Waals surface area contributed by atoms with Crippen molar-refractivity contribution in [3.05, 3.63) is 48.3 Å². The van der Waals surface area contributed by atoms with Crippen LogP contribution in [0.4, 0.5) is 0 Å². The summed E-state index contributed by atoms with van der Waals surface area (Å²) in [4.78, 5) is 4.15. The Morgan fingerprint density at radius 2 is 1.95 bits per heavy atom. The van der Waals surface area contributed by atoms with E-state index in [-0.39, 0.29) is 0 Å². The molecule has 0 aliphatic rings. The molecule has 0 unspecified atom stereocenters. The van der Waals surface area contributed by atoms with E-state index in [0.29, 0.717) is 24.7 Å². The number of hydrogen-bond donors (Lipinski definition) is 1. The monoisotopic (exact) mass is 258 g/mol. The number of pyridine rings is 1. The predicted octanol–water partition coefficient (Wildman–Crippen LogP) is 2.77. The maximum absolute atomic E-state index is 5.82. The van der Waals surface area contributed by atoms with Crippen LogP contribution in [0.2, 0.25) is 0 Å². The lowest BCUT2D eigenvalue weighted by molar-refractivity contribution is 0.321. The van der Waals surface area contributed by atoms with E-state index in [4.69, 9.17) is 15.2 Å². The summed E-state index contributed by atoms with van der Waals surface area (Å²) in [6.45, 7) is 3.15. The molecule has 1 heterocycles. The van der Waals surface area contributed by atoms with Gasteiger partial charge in [-0.25, -0.2) is 0 Å². The molecule has 0 saturated heterocycles. The maximum atomic E-state index is 5.82. The molecular weight excluding hydrogens is 240 g/mol. The first-order valence-corrected chi connectivity index (χ1v) is 6.37. The molecule has 4 heteroatoms. The number of hydrogen-bond acceptors (Lipinski definition) is 4. The van der Waals surface area contributed by atoms with Crippen molar-refractivity contribution in [3.8, 4) is 17.2 Å². The summed E-state index contributed by atoms with van der Waals surface area (Å²) < 4.78 is 11.3. The molecule has 19 heavy (non-hydrogen) atoms. The molecule has 0 saturated carbocycles. The van der Waals surface area contributed by atoms with Crippen LogP contribution in [0.5, 0.6) is 17.2 Å². The van der Waals surface area contributed by atoms with Crippen molar-refractivity contribution in [1.82, 2.24) is 4.98 Å². The van der Waals surface area contributed by atoms with Crippen molar-refractivity contribution in [2.24, 2.45) is 5.73 Å². The zero-order chi connectivity index (χ0) is 13.5. The molecule has 0 bridgehead atoms. The van der Waals surface area contributed by atoms with Crippen LogP contribution in [0.15, 0.2) is 42.7 Å². The Kier molecular flexibility index (Phi) is 4.75. The zero-order valence-electron chi connectivity index (χ0n) is 11.0. The minimum absolute atomic E-state index is 0.598. The van der Waals surface area contributed by atoms with Crippen LogP contribution < -0.4 is 15.2 Å². The molecule has 0 fully saturated rings. The van der Waals surface area contributed by atoms with Crippen molar-refractivity contribution >= 4 is 0 Å². The van der Waals surface area contributed by atoms with Gasteiger partial charge in [0.2, 0.25) is 0 Å². The predicted molar refractivity (Wildman–Crippen MR) is 74.7 cm³/mol. The second-order valence-corrected chi connectivity index (χ2v) is 4.05. The quantitative estimate of drug-likeness (QED) is 0.865. The number of nitrogens with two attached hydrogens (primary N) is 1. The molecule has 4 nitrogen and oxygen atoms in total. The summed E-state index contributed by atoms with van der Waals surface area (Å²) in [6.07, 6.45) is 4.27. The third kappa shape index (κ3) is 3.69. The Bertz CT molecular complexity index is 529. The lowest BCUT2D eigenvalue weighted by atomic mass is 10.2. The fourth-order valence-electron chi connectivity index (χ4n) is 1.76. The molecule has 0 radical (unpaired) electrons. The van der Waals surface area contributed by atoms with Crippen molar-refractivity contribution in [2.75, 3.05) is 13.2 Å². The van der Waals surface area contributed by atoms with Crippen LogP contribution in [0.3, 0.4) is 0 Å². The molecular formula is C15H18N2O2. The van der Waals surface area contributed by atoms with E-state index in [1.165, 1.54) is 0 Å². The molecule has 0 aliphatic carbocycles. The molecule has 1 aromatic heterocycles. The third-order valence-electron chi connectivity index (χ3n) is 2.58. The zero-order valence-corrected chi connectivity index (χ0v) is 11.0. The number of aromatic nitrogens is 1. The topological polar surface area (TPSA) is 57.4 Å². The summed E-state index contributed by atoms with van der Waals surface area (Å²) >= 11 is 0. The van der Waals surface area contributed by atoms with Crippen molar-refractivity contribution in [1.29, 1.82) is 0 Å². The maximum Gasteiger partial charge on any atom is 0.169 e. The average Bonchev–Trinajstić information content (AvgIpc) is 2.42. The summed E-state index contributed by atoms with van der Waals surface area (Å²) in [6, 6.07) is 9.54. The van der Waals surface area contributed by atoms with Gasteiger partial charge in [0.25, 0.3) is 0 Å². The number of benzene rings is 1. The van der Waals surface area contributed by atoms with Crippen LogP contribution in [-0.2, 0) is 6.42 Å². The van der Waals surface area contributed by atoms with E-state index in [1.54, 1.807) is 12.4 Å². The van der Waals surface area contributed by atoms with Gasteiger partial charge < -0.3 is 15.2 Å². The van der Waals surface area contributed by atoms with Gasteiger partial charge in [-0.3, -0.25) is 4.98 Å². The molecule has 100 valence electrons. The van der Waals surface area contributed by atoms with E-state index in [0.717, 1.165) is 17.7 Å². The molecule has 0 amide bonds. The molecule has 2 rings (SSSR count). The minimum atomic E-state index is 0.598. The molecule has 0 atom stereocenters. The fraction of sp³-hybridized carbons (Fsp3) is 0.267. The summed E-state index contributed by atoms with van der Waals surface area (Å²) in [7, 11) is 0. The number of ether oxygens (including phenoxy) is 2. The fourth-order valence-corrected chi connectivity index (χ4v) is 1.76. The highest BCUT2D eigenvalue weighted by atomic mass is 16.5. The van der Waals surface area contributed by atoms with Gasteiger partial charge in [-0.05, 0) is 43.7 Å². The highest BCUT2D eigenvalue weighted by Crippen LogP contribution is 2.31. The molecule has 0 aliphatic heterocycles. The van der Waals surface area contributed by atoms with E-state index in [1.807, 2.05) is 37.3 Å². The van der Waals surface area contributed by atoms with Gasteiger partial charge in [-0.15, -0.1) is 0 Å². The summed E-state index contributed by atoms with van der Waals surface area (Å²) in [5.41, 5.74) is 6.60. The van der Waals surface area contributed by atoms with Crippen LogP contribution in [0.25, 0.3) is 0 Å². The summed E-state index contributed by atoms with van der Waals surface area (Å²) in [5.74, 6) is 2.11. The highest BCUT2D eigenvalue weighted by molar-refractivity contribution is 5.42. The lowest BCUT2D eigenvalue weighted by Crippen LogP contribution is -2.03. The summed E-state index contributed by atoms with van der Waals surface area (Å²) in [5, 5.41) is 0. The first-order chi connectivity index (χ1) is 9.33.